The summed E-state index contributed by atoms with van der Waals surface area (Å²) in [6.45, 7) is 0. The first kappa shape index (κ1) is 13.4. The predicted molar refractivity (Wildman–Crippen MR) is 66.2 cm³/mol. The van der Waals surface area contributed by atoms with Crippen LogP contribution in [0.15, 0.2) is 48.5 Å². The third-order valence-electron chi connectivity index (χ3n) is 2.14. The summed E-state index contributed by atoms with van der Waals surface area (Å²) in [5, 5.41) is 0. The molecule has 2 aromatic carbocycles. The van der Waals surface area contributed by atoms with Gasteiger partial charge >= 0.3 is 30.0 Å². The molecule has 0 atom stereocenters. The van der Waals surface area contributed by atoms with Crippen molar-refractivity contribution in [2.45, 2.75) is 0 Å². The third-order valence-corrected chi connectivity index (χ3v) is 2.14. The van der Waals surface area contributed by atoms with E-state index in [0.717, 1.165) is 16.9 Å². The van der Waals surface area contributed by atoms with Crippen LogP contribution in [0.5, 0.6) is 5.75 Å². The van der Waals surface area contributed by atoms with Crippen LogP contribution < -0.4 is 4.74 Å². The molecule has 0 spiro atoms. The number of hydrogen-bond acceptors (Lipinski definition) is 1. The van der Waals surface area contributed by atoms with E-state index in [2.05, 4.69) is 19.7 Å². The van der Waals surface area contributed by atoms with Crippen molar-refractivity contribution in [3.63, 3.8) is 0 Å². The van der Waals surface area contributed by atoms with Crippen molar-refractivity contribution in [2.75, 3.05) is 7.11 Å². The van der Waals surface area contributed by atoms with Crippen LogP contribution in [0.2, 0.25) is 0 Å². The second-order valence-corrected chi connectivity index (χ2v) is 2.99. The standard InChI is InChI=1S/C13H11O.BrH.Zn/c1-14-13-10-6-5-9-12(13)11-7-3-2-4-8-11;;/h3-10H,1H3;1H;/q-1;;+2/p-1. The Bertz CT molecular complexity index is 417. The first-order valence-electron chi connectivity index (χ1n) is 4.78. The van der Waals surface area contributed by atoms with Crippen molar-refractivity contribution in [3.05, 3.63) is 54.6 Å². The van der Waals surface area contributed by atoms with Crippen LogP contribution >= 0.6 is 13.6 Å². The number of methoxy groups -OCH3 is 1. The fourth-order valence-electron chi connectivity index (χ4n) is 1.45. The van der Waals surface area contributed by atoms with E-state index in [-0.39, 0.29) is 0 Å². The van der Waals surface area contributed by atoms with Gasteiger partial charge in [0.15, 0.2) is 0 Å². The first-order valence-corrected chi connectivity index (χ1v) is 11.7. The zero-order valence-electron chi connectivity index (χ0n) is 9.11. The van der Waals surface area contributed by atoms with Crippen molar-refractivity contribution >= 4 is 13.6 Å². The van der Waals surface area contributed by atoms with Crippen molar-refractivity contribution in [1.29, 1.82) is 0 Å². The maximum absolute atomic E-state index is 5.29. The molecule has 0 aliphatic heterocycles. The van der Waals surface area contributed by atoms with Gasteiger partial charge in [-0.2, -0.15) is 30.3 Å². The molecule has 0 aliphatic rings. The minimum atomic E-state index is 0.902. The van der Waals surface area contributed by atoms with E-state index in [1.807, 2.05) is 48.5 Å². The first-order chi connectivity index (χ1) is 7.92. The summed E-state index contributed by atoms with van der Waals surface area (Å²) in [4.78, 5) is 0. The zero-order chi connectivity index (χ0) is 11.8. The average molecular weight is 329 g/mol. The summed E-state index contributed by atoms with van der Waals surface area (Å²) >= 11 is 4.25. The Balaban J connectivity index is 0.000000606. The summed E-state index contributed by atoms with van der Waals surface area (Å²) in [6.07, 6.45) is 0. The van der Waals surface area contributed by atoms with Gasteiger partial charge in [-0.25, -0.2) is 0 Å². The van der Waals surface area contributed by atoms with E-state index >= 15 is 0 Å². The molecule has 0 aliphatic carbocycles. The summed E-state index contributed by atoms with van der Waals surface area (Å²) in [7, 11) is 1.69. The van der Waals surface area contributed by atoms with E-state index in [4.69, 9.17) is 4.74 Å². The molecule has 78 valence electrons. The van der Waals surface area contributed by atoms with Gasteiger partial charge in [0.1, 0.15) is 5.75 Å². The van der Waals surface area contributed by atoms with Gasteiger partial charge in [0, 0.05) is 0 Å². The Kier molecular flexibility index (Phi) is 6.36. The molecule has 0 aromatic heterocycles. The molecule has 0 N–H and O–H groups in total. The fourth-order valence-corrected chi connectivity index (χ4v) is 1.45. The van der Waals surface area contributed by atoms with Gasteiger partial charge in [-0.3, -0.25) is 0 Å². The molecule has 2 rings (SSSR count). The van der Waals surface area contributed by atoms with Gasteiger partial charge in [0.05, 0.1) is 7.11 Å². The third kappa shape index (κ3) is 3.43. The number of hydrogen-bond donors (Lipinski definition) is 0. The Morgan fingerprint density at radius 2 is 1.69 bits per heavy atom. The Morgan fingerprint density at radius 3 is 2.31 bits per heavy atom. The molecule has 16 heavy (non-hydrogen) atoms. The van der Waals surface area contributed by atoms with Crippen LogP contribution in [-0.4, -0.2) is 7.11 Å². The van der Waals surface area contributed by atoms with E-state index in [9.17, 15) is 0 Å². The molecular weight excluding hydrogens is 317 g/mol. The van der Waals surface area contributed by atoms with E-state index < -0.39 is 0 Å². The number of para-hydroxylation sites is 1. The molecule has 1 nitrogen and oxygen atoms in total. The second kappa shape index (κ2) is 7.59. The molecule has 0 saturated heterocycles. The number of rotatable bonds is 2. The van der Waals surface area contributed by atoms with Crippen LogP contribution in [0, 0.1) is 6.07 Å². The Hall–Kier alpha value is -0.657. The van der Waals surface area contributed by atoms with E-state index in [1.54, 1.807) is 7.11 Å². The molecule has 0 heterocycles. The second-order valence-electron chi connectivity index (χ2n) is 2.99. The molecule has 0 radical (unpaired) electrons. The normalized spacial score (nSPS) is 9.00. The van der Waals surface area contributed by atoms with Gasteiger partial charge in [-0.05, 0) is 11.6 Å². The van der Waals surface area contributed by atoms with Crippen molar-refractivity contribution in [3.8, 4) is 16.9 Å². The minimum absolute atomic E-state index is 0.902. The molecule has 0 bridgehead atoms. The van der Waals surface area contributed by atoms with Crippen LogP contribution in [0.1, 0.15) is 0 Å². The quantitative estimate of drug-likeness (QED) is 0.598. The van der Waals surface area contributed by atoms with E-state index in [0.29, 0.717) is 0 Å². The van der Waals surface area contributed by atoms with Crippen LogP contribution in [-0.2, 0) is 16.3 Å². The van der Waals surface area contributed by atoms with Gasteiger partial charge in [-0.15, -0.1) is 5.56 Å². The van der Waals surface area contributed by atoms with Crippen LogP contribution in [0.4, 0.5) is 0 Å². The van der Waals surface area contributed by atoms with Crippen LogP contribution in [0.3, 0.4) is 0 Å². The van der Waals surface area contributed by atoms with E-state index in [1.165, 1.54) is 16.3 Å². The number of ether oxygens (including phenoxy) is 1. The molecule has 0 fully saturated rings. The zero-order valence-corrected chi connectivity index (χ0v) is 13.7. The molecule has 2 aromatic rings. The summed E-state index contributed by atoms with van der Waals surface area (Å²) in [5.74, 6) is 0.902. The predicted octanol–water partition coefficient (Wildman–Crippen LogP) is 4.01. The monoisotopic (exact) mass is 326 g/mol. The maximum atomic E-state index is 5.29. The average Bonchev–Trinajstić information content (AvgIpc) is 2.42. The topological polar surface area (TPSA) is 9.23 Å². The van der Waals surface area contributed by atoms with Crippen LogP contribution in [0.25, 0.3) is 11.1 Å². The van der Waals surface area contributed by atoms with Gasteiger partial charge in [-0.1, -0.05) is 18.2 Å². The van der Waals surface area contributed by atoms with Gasteiger partial charge in [0.2, 0.25) is 0 Å². The molecule has 0 saturated carbocycles. The molecular formula is C13H11BrOZn. The molecule has 0 amide bonds. The number of halogens is 1. The van der Waals surface area contributed by atoms with Crippen molar-refractivity contribution < 1.29 is 21.1 Å². The Labute approximate surface area is 113 Å². The summed E-state index contributed by atoms with van der Waals surface area (Å²) in [6, 6.07) is 18.9. The summed E-state index contributed by atoms with van der Waals surface area (Å²) in [5.41, 5.74) is 2.27. The molecule has 3 heteroatoms. The molecule has 0 unspecified atom stereocenters. The fraction of sp³-hybridized carbons (Fsp3) is 0.0769. The van der Waals surface area contributed by atoms with Gasteiger partial charge in [0.25, 0.3) is 0 Å². The van der Waals surface area contributed by atoms with Crippen molar-refractivity contribution in [1.82, 2.24) is 0 Å². The summed E-state index contributed by atoms with van der Waals surface area (Å²) < 4.78 is 5.29. The Morgan fingerprint density at radius 1 is 1.06 bits per heavy atom. The SMILES string of the molecule is COc1ccccc1-c1cc[c-]cc1.[Zn+][Br]. The van der Waals surface area contributed by atoms with Crippen molar-refractivity contribution in [2.24, 2.45) is 0 Å². The van der Waals surface area contributed by atoms with Gasteiger partial charge < -0.3 is 4.74 Å². The number of benzene rings is 2.